The highest BCUT2D eigenvalue weighted by Gasteiger charge is 2.35. The predicted molar refractivity (Wildman–Crippen MR) is 182 cm³/mol. The van der Waals surface area contributed by atoms with Crippen molar-refractivity contribution < 1.29 is 46.4 Å². The van der Waals surface area contributed by atoms with Crippen LogP contribution in [0.4, 0.5) is 0 Å². The number of benzene rings is 3. The molecule has 0 N–H and O–H groups in total. The molecule has 12 heteroatoms. The van der Waals surface area contributed by atoms with E-state index in [0.717, 1.165) is 10.5 Å². The zero-order chi connectivity index (χ0) is 35.1. The van der Waals surface area contributed by atoms with Crippen molar-refractivity contribution in [1.29, 1.82) is 0 Å². The summed E-state index contributed by atoms with van der Waals surface area (Å²) in [5.74, 6) is 6.66. The molecule has 2 aliphatic rings. The molecule has 0 unspecified atom stereocenters. The van der Waals surface area contributed by atoms with Gasteiger partial charge in [0.1, 0.15) is 11.5 Å². The number of rotatable bonds is 14. The lowest BCUT2D eigenvalue weighted by atomic mass is 10.0. The van der Waals surface area contributed by atoms with E-state index in [1.807, 2.05) is 19.1 Å². The first kappa shape index (κ1) is 35.6. The van der Waals surface area contributed by atoms with Gasteiger partial charge in [-0.15, -0.1) is 0 Å². The summed E-state index contributed by atoms with van der Waals surface area (Å²) in [5, 5.41) is 0. The quantitative estimate of drug-likeness (QED) is 0.148. The van der Waals surface area contributed by atoms with Crippen molar-refractivity contribution in [1.82, 2.24) is 4.90 Å². The van der Waals surface area contributed by atoms with Crippen LogP contribution in [0.25, 0.3) is 0 Å². The lowest BCUT2D eigenvalue weighted by Gasteiger charge is -2.21. The summed E-state index contributed by atoms with van der Waals surface area (Å²) in [4.78, 5) is 26.5. The van der Waals surface area contributed by atoms with Crippen LogP contribution in [0.15, 0.2) is 53.4 Å². The van der Waals surface area contributed by atoms with Gasteiger partial charge in [-0.2, -0.15) is 0 Å². The summed E-state index contributed by atoms with van der Waals surface area (Å²) in [6.07, 6.45) is 1.58. The van der Waals surface area contributed by atoms with Crippen molar-refractivity contribution in [2.75, 3.05) is 46.8 Å². The van der Waals surface area contributed by atoms with Gasteiger partial charge in [-0.1, -0.05) is 37.8 Å². The maximum atomic E-state index is 13.6. The van der Waals surface area contributed by atoms with Crippen LogP contribution in [0.5, 0.6) is 28.7 Å². The molecule has 1 fully saturated rings. The number of hydrogen-bond donors (Lipinski definition) is 0. The SMILES string of the molecule is CCCOc1c(OCC#CCN2C(=O)c3ccccc3C2=O)cc([C@@H]2CC[C@@H](c3cc(OC)c(OC)c(OC)c3)O2)cc1S(=O)(=O)CCC. The van der Waals surface area contributed by atoms with Gasteiger partial charge in [0, 0.05) is 0 Å². The highest BCUT2D eigenvalue weighted by Crippen LogP contribution is 2.48. The second-order valence-corrected chi connectivity index (χ2v) is 13.6. The summed E-state index contributed by atoms with van der Waals surface area (Å²) in [5.41, 5.74) is 2.16. The first-order chi connectivity index (χ1) is 23.7. The van der Waals surface area contributed by atoms with Gasteiger partial charge in [0.05, 0.1) is 63.6 Å². The maximum absolute atomic E-state index is 13.6. The molecule has 3 aromatic rings. The van der Waals surface area contributed by atoms with Gasteiger partial charge in [0.25, 0.3) is 11.8 Å². The summed E-state index contributed by atoms with van der Waals surface area (Å²) in [6.45, 7) is 3.76. The highest BCUT2D eigenvalue weighted by atomic mass is 32.2. The molecule has 1 saturated heterocycles. The van der Waals surface area contributed by atoms with Crippen molar-refractivity contribution in [2.24, 2.45) is 0 Å². The Balaban J connectivity index is 1.42. The van der Waals surface area contributed by atoms with Crippen LogP contribution < -0.4 is 23.7 Å². The molecule has 0 aromatic heterocycles. The second kappa shape index (κ2) is 15.7. The van der Waals surface area contributed by atoms with Crippen LogP contribution in [0.1, 0.15) is 83.6 Å². The molecule has 260 valence electrons. The van der Waals surface area contributed by atoms with Crippen molar-refractivity contribution in [3.05, 3.63) is 70.8 Å². The Labute approximate surface area is 287 Å². The molecule has 11 nitrogen and oxygen atoms in total. The molecular formula is C37H41NO10S. The fourth-order valence-corrected chi connectivity index (χ4v) is 7.46. The van der Waals surface area contributed by atoms with Gasteiger partial charge in [0.15, 0.2) is 32.8 Å². The number of nitrogens with zero attached hydrogens (tertiary/aromatic N) is 1. The number of fused-ring (bicyclic) bond motifs is 1. The van der Waals surface area contributed by atoms with Gasteiger partial charge in [0.2, 0.25) is 5.75 Å². The number of ether oxygens (including phenoxy) is 6. The van der Waals surface area contributed by atoms with Crippen molar-refractivity contribution in [3.8, 4) is 40.6 Å². The topological polar surface area (TPSA) is 127 Å². The monoisotopic (exact) mass is 691 g/mol. The highest BCUT2D eigenvalue weighted by molar-refractivity contribution is 7.91. The van der Waals surface area contributed by atoms with Crippen molar-refractivity contribution >= 4 is 21.7 Å². The summed E-state index contributed by atoms with van der Waals surface area (Å²) in [6, 6.07) is 13.7. The summed E-state index contributed by atoms with van der Waals surface area (Å²) in [7, 11) is 0.898. The van der Waals surface area contributed by atoms with Crippen LogP contribution in [0.2, 0.25) is 0 Å². The van der Waals surface area contributed by atoms with E-state index in [2.05, 4.69) is 11.8 Å². The van der Waals surface area contributed by atoms with E-state index < -0.39 is 27.8 Å². The standard InChI is InChI=1S/C37H41NO10S/c1-6-17-47-35-32(46-18-11-10-16-38-36(39)26-12-8-9-13-27(26)37(38)40)22-25(23-33(35)49(41,42)19-7-2)29-15-14-28(48-29)24-20-30(43-3)34(45-5)31(21-24)44-4/h8-9,12-13,20-23,28-29H,6-7,14-19H2,1-5H3/t28-,29-/m0/s1. The van der Waals surface area contributed by atoms with E-state index >= 15 is 0 Å². The van der Waals surface area contributed by atoms with E-state index in [1.54, 1.807) is 64.7 Å². The predicted octanol–water partition coefficient (Wildman–Crippen LogP) is 5.96. The number of methoxy groups -OCH3 is 3. The number of amides is 2. The zero-order valence-electron chi connectivity index (χ0n) is 28.4. The maximum Gasteiger partial charge on any atom is 0.262 e. The van der Waals surface area contributed by atoms with E-state index in [0.29, 0.717) is 59.6 Å². The van der Waals surface area contributed by atoms with Gasteiger partial charge in [-0.3, -0.25) is 14.5 Å². The van der Waals surface area contributed by atoms with Crippen LogP contribution in [-0.2, 0) is 14.6 Å². The van der Waals surface area contributed by atoms with E-state index in [-0.39, 0.29) is 48.0 Å². The molecule has 2 heterocycles. The first-order valence-corrected chi connectivity index (χ1v) is 17.8. The average Bonchev–Trinajstić information content (AvgIpc) is 3.70. The summed E-state index contributed by atoms with van der Waals surface area (Å²) >= 11 is 0. The summed E-state index contributed by atoms with van der Waals surface area (Å²) < 4.78 is 62.3. The number of carbonyl (C=O) groups excluding carboxylic acids is 2. The minimum atomic E-state index is -3.75. The second-order valence-electron chi connectivity index (χ2n) is 11.5. The third-order valence-electron chi connectivity index (χ3n) is 8.29. The van der Waals surface area contributed by atoms with Crippen molar-refractivity contribution in [3.63, 3.8) is 0 Å². The molecule has 0 spiro atoms. The van der Waals surface area contributed by atoms with E-state index in [1.165, 1.54) is 0 Å². The van der Waals surface area contributed by atoms with Gasteiger partial charge >= 0.3 is 0 Å². The number of hydrogen-bond acceptors (Lipinski definition) is 10. The van der Waals surface area contributed by atoms with E-state index in [9.17, 15) is 18.0 Å². The molecule has 49 heavy (non-hydrogen) atoms. The van der Waals surface area contributed by atoms with Crippen LogP contribution in [0, 0.1) is 11.8 Å². The molecule has 0 radical (unpaired) electrons. The minimum Gasteiger partial charge on any atom is -0.493 e. The number of imide groups is 1. The van der Waals surface area contributed by atoms with Crippen LogP contribution in [-0.4, -0.2) is 72.0 Å². The number of sulfone groups is 1. The molecule has 0 bridgehead atoms. The normalized spacial score (nSPS) is 17.0. The Morgan fingerprint density at radius 2 is 1.37 bits per heavy atom. The Kier molecular flexibility index (Phi) is 11.4. The number of carbonyl (C=O) groups is 2. The molecule has 2 amide bonds. The van der Waals surface area contributed by atoms with Crippen LogP contribution >= 0.6 is 0 Å². The fraction of sp³-hybridized carbons (Fsp3) is 0.405. The molecule has 5 rings (SSSR count). The average molecular weight is 692 g/mol. The smallest absolute Gasteiger partial charge is 0.262 e. The molecule has 2 atom stereocenters. The Morgan fingerprint density at radius 1 is 0.776 bits per heavy atom. The lowest BCUT2D eigenvalue weighted by Crippen LogP contribution is -2.30. The zero-order valence-corrected chi connectivity index (χ0v) is 29.2. The van der Waals surface area contributed by atoms with Crippen molar-refractivity contribution in [2.45, 2.75) is 56.6 Å². The fourth-order valence-electron chi connectivity index (χ4n) is 5.94. The third-order valence-corrected chi connectivity index (χ3v) is 10.2. The van der Waals surface area contributed by atoms with Gasteiger partial charge in [-0.05, 0) is 73.2 Å². The van der Waals surface area contributed by atoms with Crippen LogP contribution in [0.3, 0.4) is 0 Å². The largest absolute Gasteiger partial charge is 0.493 e. The Bertz CT molecular complexity index is 1820. The van der Waals surface area contributed by atoms with E-state index in [4.69, 9.17) is 28.4 Å². The molecular weight excluding hydrogens is 650 g/mol. The molecule has 2 aliphatic heterocycles. The van der Waals surface area contributed by atoms with Gasteiger partial charge in [-0.25, -0.2) is 8.42 Å². The lowest BCUT2D eigenvalue weighted by molar-refractivity contribution is 0.0435. The minimum absolute atomic E-state index is 0.0362. The third kappa shape index (κ3) is 7.48. The molecule has 0 aliphatic carbocycles. The molecule has 0 saturated carbocycles. The van der Waals surface area contributed by atoms with Gasteiger partial charge < -0.3 is 28.4 Å². The Morgan fingerprint density at radius 3 is 1.92 bits per heavy atom. The first-order valence-electron chi connectivity index (χ1n) is 16.2. The Hall–Kier alpha value is -4.73. The molecule has 3 aromatic carbocycles.